The lowest BCUT2D eigenvalue weighted by Crippen LogP contribution is -2.03. The maximum Gasteiger partial charge on any atom is 0.371 e. The van der Waals surface area contributed by atoms with E-state index in [9.17, 15) is 4.79 Å². The van der Waals surface area contributed by atoms with Crippen LogP contribution >= 0.6 is 0 Å². The van der Waals surface area contributed by atoms with E-state index in [-0.39, 0.29) is 5.76 Å². The van der Waals surface area contributed by atoms with Crippen molar-refractivity contribution >= 4 is 11.9 Å². The van der Waals surface area contributed by atoms with Gasteiger partial charge in [-0.05, 0) is 12.1 Å². The minimum Gasteiger partial charge on any atom is -0.475 e. The van der Waals surface area contributed by atoms with Crippen LogP contribution in [0.1, 0.15) is 16.3 Å². The van der Waals surface area contributed by atoms with Gasteiger partial charge in [0.2, 0.25) is 11.7 Å². The molecule has 0 saturated carbocycles. The Bertz CT molecular complexity index is 501. The van der Waals surface area contributed by atoms with E-state index in [2.05, 4.69) is 10.3 Å². The van der Waals surface area contributed by atoms with Gasteiger partial charge in [-0.25, -0.2) is 9.78 Å². The number of hydrogen-bond acceptors (Lipinski definition) is 4. The molecule has 0 amide bonds. The average Bonchev–Trinajstić information content (AvgIpc) is 2.83. The molecule has 0 aliphatic rings. The number of hydrogen-bond donors (Lipinski definition) is 2. The smallest absolute Gasteiger partial charge is 0.371 e. The number of imidazole rings is 1. The first-order valence-electron chi connectivity index (χ1n) is 4.70. The number of carbonyl (C=O) groups is 1. The van der Waals surface area contributed by atoms with E-state index < -0.39 is 5.97 Å². The largest absolute Gasteiger partial charge is 0.475 e. The molecule has 2 N–H and O–H groups in total. The molecule has 0 saturated heterocycles. The maximum absolute atomic E-state index is 10.6. The summed E-state index contributed by atoms with van der Waals surface area (Å²) in [5.74, 6) is 0.133. The summed E-state index contributed by atoms with van der Waals surface area (Å²) in [4.78, 5) is 14.6. The Balaban J connectivity index is 2.00. The van der Waals surface area contributed by atoms with Crippen LogP contribution in [0.25, 0.3) is 0 Å². The van der Waals surface area contributed by atoms with Crippen molar-refractivity contribution in [2.24, 2.45) is 7.05 Å². The standard InChI is InChI=1S/C10H11N3O3/c1-13-5-4-11-10(13)12-6-7-2-3-8(16-7)9(14)15/h2-5H,6H2,1H3,(H,11,12)(H,14,15). The first-order valence-corrected chi connectivity index (χ1v) is 4.70. The van der Waals surface area contributed by atoms with E-state index in [1.165, 1.54) is 6.07 Å². The van der Waals surface area contributed by atoms with Gasteiger partial charge in [-0.15, -0.1) is 0 Å². The molecule has 6 heteroatoms. The van der Waals surface area contributed by atoms with Gasteiger partial charge in [-0.2, -0.15) is 0 Å². The van der Waals surface area contributed by atoms with Crippen LogP contribution in [0.5, 0.6) is 0 Å². The van der Waals surface area contributed by atoms with Gasteiger partial charge in [0.05, 0.1) is 6.54 Å². The monoisotopic (exact) mass is 221 g/mol. The summed E-state index contributed by atoms with van der Waals surface area (Å²) in [6.45, 7) is 0.401. The molecule has 0 aromatic carbocycles. The highest BCUT2D eigenvalue weighted by Crippen LogP contribution is 2.10. The lowest BCUT2D eigenvalue weighted by molar-refractivity contribution is 0.0660. The van der Waals surface area contributed by atoms with Gasteiger partial charge in [0.15, 0.2) is 0 Å². The quantitative estimate of drug-likeness (QED) is 0.813. The molecule has 0 spiro atoms. The molecule has 6 nitrogen and oxygen atoms in total. The van der Waals surface area contributed by atoms with Crippen molar-refractivity contribution in [2.45, 2.75) is 6.54 Å². The van der Waals surface area contributed by atoms with Crippen LogP contribution in [0, 0.1) is 0 Å². The summed E-state index contributed by atoms with van der Waals surface area (Å²) in [5, 5.41) is 11.7. The molecule has 2 aromatic rings. The van der Waals surface area contributed by atoms with E-state index in [0.717, 1.165) is 0 Å². The fraction of sp³-hybridized carbons (Fsp3) is 0.200. The van der Waals surface area contributed by atoms with Crippen molar-refractivity contribution < 1.29 is 14.3 Å². The van der Waals surface area contributed by atoms with Crippen molar-refractivity contribution in [1.29, 1.82) is 0 Å². The van der Waals surface area contributed by atoms with Crippen LogP contribution in [-0.4, -0.2) is 20.6 Å². The second-order valence-corrected chi connectivity index (χ2v) is 3.29. The summed E-state index contributed by atoms with van der Waals surface area (Å²) < 4.78 is 6.90. The molecule has 0 aliphatic carbocycles. The number of carboxylic acids is 1. The molecule has 84 valence electrons. The molecule has 0 aliphatic heterocycles. The molecule has 2 heterocycles. The van der Waals surface area contributed by atoms with Crippen molar-refractivity contribution in [3.63, 3.8) is 0 Å². The topological polar surface area (TPSA) is 80.3 Å². The summed E-state index contributed by atoms with van der Waals surface area (Å²) >= 11 is 0. The summed E-state index contributed by atoms with van der Waals surface area (Å²) in [6.07, 6.45) is 3.49. The Morgan fingerprint density at radius 2 is 2.44 bits per heavy atom. The molecule has 2 rings (SSSR count). The predicted octanol–water partition coefficient (Wildman–Crippen LogP) is 1.32. The third-order valence-electron chi connectivity index (χ3n) is 2.11. The predicted molar refractivity (Wildman–Crippen MR) is 56.2 cm³/mol. The zero-order valence-corrected chi connectivity index (χ0v) is 8.67. The average molecular weight is 221 g/mol. The number of rotatable bonds is 4. The number of aryl methyl sites for hydroxylation is 1. The SMILES string of the molecule is Cn1ccnc1NCc1ccc(C(=O)O)o1. The first kappa shape index (κ1) is 10.3. The fourth-order valence-electron chi connectivity index (χ4n) is 1.29. The number of nitrogens with one attached hydrogen (secondary N) is 1. The number of aromatic carboxylic acids is 1. The minimum atomic E-state index is -1.07. The van der Waals surface area contributed by atoms with Crippen molar-refractivity contribution in [3.05, 3.63) is 36.0 Å². The van der Waals surface area contributed by atoms with E-state index >= 15 is 0 Å². The zero-order valence-electron chi connectivity index (χ0n) is 8.67. The lowest BCUT2D eigenvalue weighted by Gasteiger charge is -2.02. The highest BCUT2D eigenvalue weighted by atomic mass is 16.4. The molecule has 16 heavy (non-hydrogen) atoms. The Kier molecular flexibility index (Phi) is 2.63. The van der Waals surface area contributed by atoms with Crippen LogP contribution in [0.3, 0.4) is 0 Å². The van der Waals surface area contributed by atoms with Crippen molar-refractivity contribution in [1.82, 2.24) is 9.55 Å². The molecular weight excluding hydrogens is 210 g/mol. The molecule has 0 fully saturated rings. The number of aromatic nitrogens is 2. The number of nitrogens with zero attached hydrogens (tertiary/aromatic N) is 2. The summed E-state index contributed by atoms with van der Waals surface area (Å²) in [6, 6.07) is 3.05. The third kappa shape index (κ3) is 2.05. The molecule has 2 aromatic heterocycles. The molecule has 0 unspecified atom stereocenters. The van der Waals surface area contributed by atoms with Crippen LogP contribution in [0.2, 0.25) is 0 Å². The van der Waals surface area contributed by atoms with Gasteiger partial charge in [0.1, 0.15) is 5.76 Å². The van der Waals surface area contributed by atoms with E-state index in [1.807, 2.05) is 17.8 Å². The maximum atomic E-state index is 10.6. The van der Waals surface area contributed by atoms with Gasteiger partial charge in [-0.1, -0.05) is 0 Å². The summed E-state index contributed by atoms with van der Waals surface area (Å²) in [7, 11) is 1.86. The number of anilines is 1. The van der Waals surface area contributed by atoms with Crippen LogP contribution < -0.4 is 5.32 Å². The van der Waals surface area contributed by atoms with E-state index in [4.69, 9.17) is 9.52 Å². The van der Waals surface area contributed by atoms with Crippen LogP contribution in [0.15, 0.2) is 28.9 Å². The lowest BCUT2D eigenvalue weighted by atomic mass is 10.4. The normalized spacial score (nSPS) is 10.3. The van der Waals surface area contributed by atoms with Gasteiger partial charge >= 0.3 is 5.97 Å². The Morgan fingerprint density at radius 3 is 3.00 bits per heavy atom. The van der Waals surface area contributed by atoms with Crippen molar-refractivity contribution in [2.75, 3.05) is 5.32 Å². The van der Waals surface area contributed by atoms with Gasteiger partial charge in [-0.3, -0.25) is 0 Å². The van der Waals surface area contributed by atoms with Gasteiger partial charge < -0.3 is 19.4 Å². The van der Waals surface area contributed by atoms with Crippen LogP contribution in [-0.2, 0) is 13.6 Å². The second-order valence-electron chi connectivity index (χ2n) is 3.29. The van der Waals surface area contributed by atoms with E-state index in [0.29, 0.717) is 18.3 Å². The third-order valence-corrected chi connectivity index (χ3v) is 2.11. The van der Waals surface area contributed by atoms with Gasteiger partial charge in [0, 0.05) is 19.4 Å². The minimum absolute atomic E-state index is 0.0587. The number of carboxylic acid groups (broad SMARTS) is 1. The second kappa shape index (κ2) is 4.09. The molecule has 0 bridgehead atoms. The fourth-order valence-corrected chi connectivity index (χ4v) is 1.29. The molecule has 0 atom stereocenters. The zero-order chi connectivity index (χ0) is 11.5. The van der Waals surface area contributed by atoms with Gasteiger partial charge in [0.25, 0.3) is 0 Å². The number of furan rings is 1. The first-order chi connectivity index (χ1) is 7.66. The molecular formula is C10H11N3O3. The Labute approximate surface area is 91.5 Å². The Morgan fingerprint density at radius 1 is 1.62 bits per heavy atom. The highest BCUT2D eigenvalue weighted by Gasteiger charge is 2.08. The highest BCUT2D eigenvalue weighted by molar-refractivity contribution is 5.84. The molecule has 0 radical (unpaired) electrons. The Hall–Kier alpha value is -2.24. The van der Waals surface area contributed by atoms with Crippen molar-refractivity contribution in [3.8, 4) is 0 Å². The van der Waals surface area contributed by atoms with Crippen LogP contribution in [0.4, 0.5) is 5.95 Å². The van der Waals surface area contributed by atoms with E-state index in [1.54, 1.807) is 12.3 Å². The summed E-state index contributed by atoms with van der Waals surface area (Å²) in [5.41, 5.74) is 0.